The van der Waals surface area contributed by atoms with Crippen LogP contribution in [0.15, 0.2) is 11.1 Å². The van der Waals surface area contributed by atoms with Crippen molar-refractivity contribution in [2.45, 2.75) is 72.4 Å². The van der Waals surface area contributed by atoms with Gasteiger partial charge in [-0.25, -0.2) is 0 Å². The van der Waals surface area contributed by atoms with Crippen LogP contribution in [0.5, 0.6) is 0 Å². The maximum Gasteiger partial charge on any atom is 0.191 e. The maximum atomic E-state index is 4.70. The number of guanidine groups is 1. The van der Waals surface area contributed by atoms with Gasteiger partial charge in [0.05, 0.1) is 5.69 Å². The van der Waals surface area contributed by atoms with Gasteiger partial charge in [-0.15, -0.1) is 0 Å². The second kappa shape index (κ2) is 11.2. The first kappa shape index (κ1) is 20.7. The molecule has 1 aliphatic rings. The average molecular weight is 363 g/mol. The first-order chi connectivity index (χ1) is 12.6. The molecule has 2 N–H and O–H groups in total. The molecule has 0 saturated carbocycles. The van der Waals surface area contributed by atoms with Crippen LogP contribution in [0.3, 0.4) is 0 Å². The van der Waals surface area contributed by atoms with Crippen LogP contribution in [-0.2, 0) is 6.54 Å². The highest BCUT2D eigenvalue weighted by molar-refractivity contribution is 5.79. The summed E-state index contributed by atoms with van der Waals surface area (Å²) in [6.45, 7) is 14.7. The van der Waals surface area contributed by atoms with Gasteiger partial charge in [-0.05, 0) is 66.0 Å². The molecule has 1 atom stereocenters. The van der Waals surface area contributed by atoms with Gasteiger partial charge in [0.1, 0.15) is 0 Å². The number of aliphatic imine (C=N–C) groups is 1. The van der Waals surface area contributed by atoms with E-state index in [1.807, 2.05) is 6.92 Å². The highest BCUT2D eigenvalue weighted by atomic mass is 15.3. The lowest BCUT2D eigenvalue weighted by Crippen LogP contribution is -2.41. The molecule has 2 heterocycles. The summed E-state index contributed by atoms with van der Waals surface area (Å²) in [7, 11) is 0. The van der Waals surface area contributed by atoms with Crippen LogP contribution in [0.4, 0.5) is 0 Å². The Hall–Kier alpha value is -1.56. The Morgan fingerprint density at radius 1 is 1.23 bits per heavy atom. The van der Waals surface area contributed by atoms with Gasteiger partial charge in [0.15, 0.2) is 5.96 Å². The van der Waals surface area contributed by atoms with Crippen molar-refractivity contribution >= 4 is 5.96 Å². The molecule has 6 heteroatoms. The zero-order valence-electron chi connectivity index (χ0n) is 17.2. The summed E-state index contributed by atoms with van der Waals surface area (Å²) in [5.41, 5.74) is 2.31. The van der Waals surface area contributed by atoms with Crippen LogP contribution in [0.25, 0.3) is 0 Å². The SMILES string of the molecule is CCNC(=NCCCn1nc(C)cc1C)NCCCN1CCCCC1C. The van der Waals surface area contributed by atoms with Gasteiger partial charge >= 0.3 is 0 Å². The largest absolute Gasteiger partial charge is 0.357 e. The molecule has 1 unspecified atom stereocenters. The lowest BCUT2D eigenvalue weighted by molar-refractivity contribution is 0.159. The zero-order valence-corrected chi connectivity index (χ0v) is 17.2. The third kappa shape index (κ3) is 6.98. The Bertz CT molecular complexity index is 550. The van der Waals surface area contributed by atoms with Crippen LogP contribution >= 0.6 is 0 Å². The Balaban J connectivity index is 1.66. The molecule has 1 aliphatic heterocycles. The summed E-state index contributed by atoms with van der Waals surface area (Å²) >= 11 is 0. The third-order valence-corrected chi connectivity index (χ3v) is 5.10. The van der Waals surface area contributed by atoms with Gasteiger partial charge in [-0.1, -0.05) is 6.42 Å². The highest BCUT2D eigenvalue weighted by Crippen LogP contribution is 2.16. The van der Waals surface area contributed by atoms with Gasteiger partial charge in [0, 0.05) is 44.5 Å². The van der Waals surface area contributed by atoms with Crippen molar-refractivity contribution in [3.63, 3.8) is 0 Å². The van der Waals surface area contributed by atoms with E-state index in [9.17, 15) is 0 Å². The Labute approximate surface area is 159 Å². The fourth-order valence-corrected chi connectivity index (χ4v) is 3.63. The molecule has 2 rings (SSSR count). The van der Waals surface area contributed by atoms with Gasteiger partial charge < -0.3 is 15.5 Å². The van der Waals surface area contributed by atoms with E-state index in [0.717, 1.165) is 50.3 Å². The van der Waals surface area contributed by atoms with Crippen molar-refractivity contribution in [3.05, 3.63) is 17.5 Å². The number of nitrogens with zero attached hydrogens (tertiary/aromatic N) is 4. The van der Waals surface area contributed by atoms with E-state index in [2.05, 4.69) is 52.2 Å². The maximum absolute atomic E-state index is 4.70. The molecular formula is C20H38N6. The normalized spacial score (nSPS) is 18.9. The molecule has 0 bridgehead atoms. The molecule has 1 aromatic rings. The number of aromatic nitrogens is 2. The van der Waals surface area contributed by atoms with Gasteiger partial charge in [0.2, 0.25) is 0 Å². The fraction of sp³-hybridized carbons (Fsp3) is 0.800. The molecule has 0 radical (unpaired) electrons. The van der Waals surface area contributed by atoms with Crippen molar-refractivity contribution in [2.24, 2.45) is 4.99 Å². The molecule has 0 aliphatic carbocycles. The number of piperidine rings is 1. The second-order valence-electron chi connectivity index (χ2n) is 7.43. The monoisotopic (exact) mass is 362 g/mol. The van der Waals surface area contributed by atoms with E-state index in [4.69, 9.17) is 4.99 Å². The molecular weight excluding hydrogens is 324 g/mol. The predicted octanol–water partition coefficient (Wildman–Crippen LogP) is 2.71. The number of aryl methyl sites for hydroxylation is 3. The molecule has 26 heavy (non-hydrogen) atoms. The second-order valence-corrected chi connectivity index (χ2v) is 7.43. The minimum atomic E-state index is 0.750. The third-order valence-electron chi connectivity index (χ3n) is 5.10. The van der Waals surface area contributed by atoms with Crippen LogP contribution in [0, 0.1) is 13.8 Å². The molecule has 0 spiro atoms. The standard InChI is InChI=1S/C20H38N6/c1-5-21-20(22-11-8-14-25-13-7-6-10-18(25)3)23-12-9-15-26-19(4)16-17(2)24-26/h16,18H,5-15H2,1-4H3,(H2,21,22,23). The molecule has 1 saturated heterocycles. The Kier molecular flexibility index (Phi) is 8.95. The predicted molar refractivity (Wildman–Crippen MR) is 110 cm³/mol. The van der Waals surface area contributed by atoms with Crippen molar-refractivity contribution in [3.8, 4) is 0 Å². The number of nitrogens with one attached hydrogen (secondary N) is 2. The van der Waals surface area contributed by atoms with Crippen LogP contribution in [0.2, 0.25) is 0 Å². The summed E-state index contributed by atoms with van der Waals surface area (Å²) in [5, 5.41) is 11.3. The van der Waals surface area contributed by atoms with E-state index in [1.54, 1.807) is 0 Å². The Morgan fingerprint density at radius 3 is 2.77 bits per heavy atom. The van der Waals surface area contributed by atoms with Gasteiger partial charge in [-0.2, -0.15) is 5.10 Å². The van der Waals surface area contributed by atoms with Crippen molar-refractivity contribution in [1.29, 1.82) is 0 Å². The lowest BCUT2D eigenvalue weighted by Gasteiger charge is -2.33. The number of likely N-dealkylation sites (tertiary alicyclic amines) is 1. The number of rotatable bonds is 9. The Morgan fingerprint density at radius 2 is 2.08 bits per heavy atom. The van der Waals surface area contributed by atoms with Gasteiger partial charge in [0.25, 0.3) is 0 Å². The highest BCUT2D eigenvalue weighted by Gasteiger charge is 2.17. The molecule has 6 nitrogen and oxygen atoms in total. The molecule has 148 valence electrons. The lowest BCUT2D eigenvalue weighted by atomic mass is 10.0. The number of hydrogen-bond donors (Lipinski definition) is 2. The van der Waals surface area contributed by atoms with Crippen LogP contribution in [0.1, 0.15) is 57.3 Å². The first-order valence-electron chi connectivity index (χ1n) is 10.4. The summed E-state index contributed by atoms with van der Waals surface area (Å²) in [4.78, 5) is 7.33. The molecule has 1 aromatic heterocycles. The topological polar surface area (TPSA) is 57.5 Å². The van der Waals surface area contributed by atoms with E-state index in [0.29, 0.717) is 0 Å². The summed E-state index contributed by atoms with van der Waals surface area (Å²) < 4.78 is 2.07. The minimum absolute atomic E-state index is 0.750. The number of hydrogen-bond acceptors (Lipinski definition) is 3. The minimum Gasteiger partial charge on any atom is -0.357 e. The zero-order chi connectivity index (χ0) is 18.8. The average Bonchev–Trinajstić information content (AvgIpc) is 2.94. The first-order valence-corrected chi connectivity index (χ1v) is 10.4. The van der Waals surface area contributed by atoms with Crippen molar-refractivity contribution < 1.29 is 0 Å². The van der Waals surface area contributed by atoms with Crippen molar-refractivity contribution in [1.82, 2.24) is 25.3 Å². The van der Waals surface area contributed by atoms with Gasteiger partial charge in [-0.3, -0.25) is 9.67 Å². The summed E-state index contributed by atoms with van der Waals surface area (Å²) in [6.07, 6.45) is 6.28. The van der Waals surface area contributed by atoms with E-state index >= 15 is 0 Å². The molecule has 0 aromatic carbocycles. The van der Waals surface area contributed by atoms with Crippen molar-refractivity contribution in [2.75, 3.05) is 32.7 Å². The van der Waals surface area contributed by atoms with E-state index in [1.165, 1.54) is 44.5 Å². The van der Waals surface area contributed by atoms with E-state index < -0.39 is 0 Å². The smallest absolute Gasteiger partial charge is 0.191 e. The van der Waals surface area contributed by atoms with Crippen LogP contribution in [-0.4, -0.2) is 59.4 Å². The molecule has 1 fully saturated rings. The quantitative estimate of drug-likeness (QED) is 0.403. The summed E-state index contributed by atoms with van der Waals surface area (Å²) in [5.74, 6) is 0.938. The molecule has 0 amide bonds. The van der Waals surface area contributed by atoms with Crippen LogP contribution < -0.4 is 10.6 Å². The fourth-order valence-electron chi connectivity index (χ4n) is 3.63. The summed E-state index contributed by atoms with van der Waals surface area (Å²) in [6, 6.07) is 2.87. The van der Waals surface area contributed by atoms with E-state index in [-0.39, 0.29) is 0 Å².